The minimum atomic E-state index is -0.0970. The number of morpholine rings is 1. The first-order valence-electron chi connectivity index (χ1n) is 8.33. The number of benzene rings is 1. The Morgan fingerprint density at radius 3 is 2.75 bits per heavy atom. The van der Waals surface area contributed by atoms with Gasteiger partial charge in [-0.05, 0) is 37.6 Å². The molecule has 0 bridgehead atoms. The van der Waals surface area contributed by atoms with Gasteiger partial charge in [-0.1, -0.05) is 6.07 Å². The molecule has 1 saturated heterocycles. The minimum Gasteiger partial charge on any atom is -0.454 e. The highest BCUT2D eigenvalue weighted by Crippen LogP contribution is 2.32. The number of ether oxygens (including phenoxy) is 3. The predicted octanol–water partition coefficient (Wildman–Crippen LogP) is 1.65. The van der Waals surface area contributed by atoms with Gasteiger partial charge in [-0.2, -0.15) is 0 Å². The van der Waals surface area contributed by atoms with Crippen LogP contribution in [0.2, 0.25) is 0 Å². The highest BCUT2D eigenvalue weighted by molar-refractivity contribution is 5.92. The number of amides is 1. The van der Waals surface area contributed by atoms with Gasteiger partial charge in [0.05, 0.1) is 13.2 Å². The van der Waals surface area contributed by atoms with Crippen molar-refractivity contribution in [2.24, 2.45) is 0 Å². The van der Waals surface area contributed by atoms with E-state index < -0.39 is 0 Å². The monoisotopic (exact) mass is 332 g/mol. The Kier molecular flexibility index (Phi) is 5.37. The van der Waals surface area contributed by atoms with E-state index in [2.05, 4.69) is 17.1 Å². The molecule has 1 amide bonds. The second-order valence-electron chi connectivity index (χ2n) is 6.13. The van der Waals surface area contributed by atoms with E-state index in [9.17, 15) is 4.79 Å². The fourth-order valence-corrected chi connectivity index (χ4v) is 2.88. The topological polar surface area (TPSA) is 60.0 Å². The largest absolute Gasteiger partial charge is 0.454 e. The molecule has 2 atom stereocenters. The normalized spacial score (nSPS) is 20.1. The fourth-order valence-electron chi connectivity index (χ4n) is 2.88. The number of nitrogens with one attached hydrogen (secondary N) is 1. The van der Waals surface area contributed by atoms with Crippen LogP contribution in [0.1, 0.15) is 19.4 Å². The number of hydrogen-bond acceptors (Lipinski definition) is 5. The molecule has 0 aliphatic carbocycles. The summed E-state index contributed by atoms with van der Waals surface area (Å²) in [5, 5.41) is 3.04. The van der Waals surface area contributed by atoms with Gasteiger partial charge >= 0.3 is 0 Å². The first-order valence-corrected chi connectivity index (χ1v) is 8.33. The fraction of sp³-hybridized carbons (Fsp3) is 0.500. The van der Waals surface area contributed by atoms with Crippen LogP contribution in [-0.4, -0.2) is 56.0 Å². The Hall–Kier alpha value is -2.05. The molecule has 0 aromatic heterocycles. The van der Waals surface area contributed by atoms with E-state index in [1.165, 1.54) is 0 Å². The van der Waals surface area contributed by atoms with Crippen LogP contribution in [0, 0.1) is 0 Å². The maximum absolute atomic E-state index is 12.2. The Bertz CT molecular complexity index is 611. The van der Waals surface area contributed by atoms with Crippen LogP contribution in [0.3, 0.4) is 0 Å². The number of fused-ring (bicyclic) bond motifs is 1. The molecular weight excluding hydrogens is 308 g/mol. The van der Waals surface area contributed by atoms with Crippen LogP contribution < -0.4 is 14.8 Å². The van der Waals surface area contributed by atoms with Crippen molar-refractivity contribution in [1.29, 1.82) is 0 Å². The Morgan fingerprint density at radius 2 is 1.96 bits per heavy atom. The molecule has 0 spiro atoms. The Labute approximate surface area is 142 Å². The van der Waals surface area contributed by atoms with Gasteiger partial charge in [0.15, 0.2) is 11.5 Å². The van der Waals surface area contributed by atoms with E-state index in [0.717, 1.165) is 37.6 Å². The third kappa shape index (κ3) is 4.07. The summed E-state index contributed by atoms with van der Waals surface area (Å²) in [6, 6.07) is 5.96. The van der Waals surface area contributed by atoms with Crippen molar-refractivity contribution in [3.05, 3.63) is 29.8 Å². The molecule has 6 heteroatoms. The molecule has 1 aromatic carbocycles. The van der Waals surface area contributed by atoms with E-state index in [0.29, 0.717) is 5.75 Å². The molecule has 2 heterocycles. The summed E-state index contributed by atoms with van der Waals surface area (Å²) in [5.41, 5.74) is 0.906. The lowest BCUT2D eigenvalue weighted by molar-refractivity contribution is -0.117. The van der Waals surface area contributed by atoms with Crippen molar-refractivity contribution in [3.63, 3.8) is 0 Å². The molecule has 2 aliphatic rings. The molecule has 3 rings (SSSR count). The van der Waals surface area contributed by atoms with Gasteiger partial charge in [0.2, 0.25) is 12.7 Å². The number of nitrogens with zero attached hydrogens (tertiary/aromatic N) is 1. The number of carbonyl (C=O) groups is 1. The molecule has 24 heavy (non-hydrogen) atoms. The first-order chi connectivity index (χ1) is 11.6. The van der Waals surface area contributed by atoms with E-state index in [1.807, 2.05) is 25.1 Å². The van der Waals surface area contributed by atoms with Crippen molar-refractivity contribution < 1.29 is 19.0 Å². The van der Waals surface area contributed by atoms with Crippen molar-refractivity contribution in [1.82, 2.24) is 10.2 Å². The SMILES string of the molecule is CC(NC(=O)/C=C/c1ccc2c(c1)OCO2)C(C)N1CCOCC1. The van der Waals surface area contributed by atoms with Gasteiger partial charge in [-0.15, -0.1) is 0 Å². The van der Waals surface area contributed by atoms with Gasteiger partial charge < -0.3 is 19.5 Å². The molecule has 2 aliphatic heterocycles. The molecule has 2 unspecified atom stereocenters. The second-order valence-corrected chi connectivity index (χ2v) is 6.13. The first kappa shape index (κ1) is 16.8. The summed E-state index contributed by atoms with van der Waals surface area (Å²) in [7, 11) is 0. The average Bonchev–Trinajstić information content (AvgIpc) is 3.07. The summed E-state index contributed by atoms with van der Waals surface area (Å²) in [6.07, 6.45) is 3.34. The third-order valence-corrected chi connectivity index (χ3v) is 4.54. The molecule has 130 valence electrons. The predicted molar refractivity (Wildman–Crippen MR) is 91.1 cm³/mol. The maximum atomic E-state index is 12.2. The highest BCUT2D eigenvalue weighted by Gasteiger charge is 2.22. The molecule has 1 aromatic rings. The number of carbonyl (C=O) groups excluding carboxylic acids is 1. The number of rotatable bonds is 5. The molecular formula is C18H24N2O4. The molecule has 1 N–H and O–H groups in total. The zero-order chi connectivity index (χ0) is 16.9. The van der Waals surface area contributed by atoms with Gasteiger partial charge in [0, 0.05) is 31.2 Å². The standard InChI is InChI=1S/C18H24N2O4/c1-13(14(2)20-7-9-22-10-8-20)19-18(21)6-4-15-3-5-16-17(11-15)24-12-23-16/h3-6,11,13-14H,7-10,12H2,1-2H3,(H,19,21)/b6-4+. The van der Waals surface area contributed by atoms with Crippen LogP contribution >= 0.6 is 0 Å². The van der Waals surface area contributed by atoms with E-state index >= 15 is 0 Å². The highest BCUT2D eigenvalue weighted by atomic mass is 16.7. The minimum absolute atomic E-state index is 0.0667. The lowest BCUT2D eigenvalue weighted by Gasteiger charge is -2.35. The average molecular weight is 332 g/mol. The number of hydrogen-bond donors (Lipinski definition) is 1. The van der Waals surface area contributed by atoms with Crippen LogP contribution in [0.25, 0.3) is 6.08 Å². The van der Waals surface area contributed by atoms with Crippen molar-refractivity contribution in [3.8, 4) is 11.5 Å². The summed E-state index contributed by atoms with van der Waals surface area (Å²) in [6.45, 7) is 7.76. The van der Waals surface area contributed by atoms with Crippen molar-refractivity contribution in [2.45, 2.75) is 25.9 Å². The van der Waals surface area contributed by atoms with Crippen LogP contribution in [0.4, 0.5) is 0 Å². The third-order valence-electron chi connectivity index (χ3n) is 4.54. The summed E-state index contributed by atoms with van der Waals surface area (Å²) in [5.74, 6) is 1.36. The van der Waals surface area contributed by atoms with Crippen LogP contribution in [0.15, 0.2) is 24.3 Å². The molecule has 0 saturated carbocycles. The van der Waals surface area contributed by atoms with Crippen molar-refractivity contribution >= 4 is 12.0 Å². The summed E-state index contributed by atoms with van der Waals surface area (Å²) < 4.78 is 16.0. The van der Waals surface area contributed by atoms with Gasteiger partial charge in [-0.25, -0.2) is 0 Å². The molecule has 0 radical (unpaired) electrons. The summed E-state index contributed by atoms with van der Waals surface area (Å²) >= 11 is 0. The molecule has 6 nitrogen and oxygen atoms in total. The van der Waals surface area contributed by atoms with Gasteiger partial charge in [0.25, 0.3) is 0 Å². The van der Waals surface area contributed by atoms with Gasteiger partial charge in [-0.3, -0.25) is 9.69 Å². The quantitative estimate of drug-likeness (QED) is 0.831. The van der Waals surface area contributed by atoms with E-state index in [4.69, 9.17) is 14.2 Å². The Morgan fingerprint density at radius 1 is 1.21 bits per heavy atom. The smallest absolute Gasteiger partial charge is 0.244 e. The van der Waals surface area contributed by atoms with E-state index in [-0.39, 0.29) is 24.8 Å². The zero-order valence-corrected chi connectivity index (χ0v) is 14.2. The lowest BCUT2D eigenvalue weighted by Crippen LogP contribution is -2.51. The van der Waals surface area contributed by atoms with Crippen LogP contribution in [-0.2, 0) is 9.53 Å². The van der Waals surface area contributed by atoms with E-state index in [1.54, 1.807) is 12.2 Å². The second kappa shape index (κ2) is 7.68. The van der Waals surface area contributed by atoms with Crippen LogP contribution in [0.5, 0.6) is 11.5 Å². The van der Waals surface area contributed by atoms with Crippen molar-refractivity contribution in [2.75, 3.05) is 33.1 Å². The van der Waals surface area contributed by atoms with Gasteiger partial charge in [0.1, 0.15) is 0 Å². The Balaban J connectivity index is 1.52. The lowest BCUT2D eigenvalue weighted by atomic mass is 10.1. The zero-order valence-electron chi connectivity index (χ0n) is 14.2. The molecule has 1 fully saturated rings. The maximum Gasteiger partial charge on any atom is 0.244 e. The summed E-state index contributed by atoms with van der Waals surface area (Å²) in [4.78, 5) is 14.5.